The Morgan fingerprint density at radius 1 is 1.07 bits per heavy atom. The molecule has 228 valence electrons. The van der Waals surface area contributed by atoms with Gasteiger partial charge in [-0.2, -0.15) is 0 Å². The summed E-state index contributed by atoms with van der Waals surface area (Å²) in [6.45, 7) is 9.68. The van der Waals surface area contributed by atoms with Gasteiger partial charge >= 0.3 is 18.0 Å². The maximum Gasteiger partial charge on any atom is 0.331 e. The summed E-state index contributed by atoms with van der Waals surface area (Å²) < 4.78 is 11.2. The first-order valence-electron chi connectivity index (χ1n) is 15.8. The number of carbonyl (C=O) groups excluding carboxylic acids is 3. The molecule has 0 aromatic carbocycles. The Labute approximate surface area is 244 Å². The third-order valence-electron chi connectivity index (χ3n) is 12.8. The topological polar surface area (TPSA) is 99.6 Å². The van der Waals surface area contributed by atoms with E-state index >= 15 is 0 Å². The van der Waals surface area contributed by atoms with Crippen molar-refractivity contribution >= 4 is 18.0 Å². The highest BCUT2D eigenvalue weighted by Gasteiger charge is 2.71. The lowest BCUT2D eigenvalue weighted by molar-refractivity contribution is -0.206. The van der Waals surface area contributed by atoms with Crippen molar-refractivity contribution in [1.82, 2.24) is 14.7 Å². The zero-order valence-electron chi connectivity index (χ0n) is 25.6. The van der Waals surface area contributed by atoms with Gasteiger partial charge in [0.2, 0.25) is 0 Å². The molecule has 5 fully saturated rings. The zero-order valence-corrected chi connectivity index (χ0v) is 25.6. The molecule has 0 aromatic rings. The number of cyclic esters (lactones) is 1. The van der Waals surface area contributed by atoms with Crippen molar-refractivity contribution in [1.29, 1.82) is 0 Å². The molecule has 1 saturated heterocycles. The number of ether oxygens (including phenoxy) is 2. The second-order valence-corrected chi connectivity index (χ2v) is 14.6. The number of hydrogen-bond acceptors (Lipinski definition) is 7. The van der Waals surface area contributed by atoms with Crippen molar-refractivity contribution in [2.24, 2.45) is 34.5 Å². The lowest BCUT2D eigenvalue weighted by Gasteiger charge is -2.64. The summed E-state index contributed by atoms with van der Waals surface area (Å²) in [5, 5.41) is 12.7. The van der Waals surface area contributed by atoms with E-state index in [0.717, 1.165) is 76.7 Å². The summed E-state index contributed by atoms with van der Waals surface area (Å²) in [5.41, 5.74) is -0.517. The maximum atomic E-state index is 13.4. The zero-order chi connectivity index (χ0) is 29.3. The molecule has 9 unspecified atom stereocenters. The number of carbonyl (C=O) groups is 3. The Hall–Kier alpha value is -2.13. The Balaban J connectivity index is 1.21. The number of rotatable bonds is 3. The number of hydrogen-bond donors (Lipinski definition) is 1. The third-order valence-corrected chi connectivity index (χ3v) is 12.8. The summed E-state index contributed by atoms with van der Waals surface area (Å²) >= 11 is 0. The normalized spacial score (nSPS) is 44.3. The van der Waals surface area contributed by atoms with E-state index in [4.69, 9.17) is 9.47 Å². The van der Waals surface area contributed by atoms with Crippen molar-refractivity contribution in [2.75, 3.05) is 46.9 Å². The second kappa shape index (κ2) is 10.2. The van der Waals surface area contributed by atoms with Gasteiger partial charge < -0.3 is 29.3 Å². The van der Waals surface area contributed by atoms with Crippen LogP contribution in [0.1, 0.15) is 72.1 Å². The second-order valence-electron chi connectivity index (χ2n) is 14.6. The van der Waals surface area contributed by atoms with Gasteiger partial charge in [0.05, 0.1) is 5.60 Å². The van der Waals surface area contributed by atoms with Crippen molar-refractivity contribution in [3.8, 4) is 0 Å². The van der Waals surface area contributed by atoms with E-state index in [2.05, 4.69) is 25.8 Å². The standard InChI is InChI=1S/C32H49N3O6/c1-20(36)41-26-18-32(39)25-7-6-22-17-23(34(5)29(38)35-14-12-33(4)13-15-35)8-10-30(22,2)24(25)9-11-31(32,3)28(26)21-16-27(37)40-19-21/h16,22-26,28,39H,6-15,17-19H2,1-5H3. The summed E-state index contributed by atoms with van der Waals surface area (Å²) in [6, 6.07) is 0.421. The Morgan fingerprint density at radius 2 is 1.80 bits per heavy atom. The van der Waals surface area contributed by atoms with Gasteiger partial charge in [-0.1, -0.05) is 13.8 Å². The number of esters is 2. The number of fused-ring (bicyclic) bond motifs is 5. The quantitative estimate of drug-likeness (QED) is 0.518. The fourth-order valence-corrected chi connectivity index (χ4v) is 10.5. The fraction of sp³-hybridized carbons (Fsp3) is 0.844. The first-order chi connectivity index (χ1) is 19.4. The van der Waals surface area contributed by atoms with E-state index in [-0.39, 0.29) is 47.9 Å². The van der Waals surface area contributed by atoms with Crippen LogP contribution in [0.2, 0.25) is 0 Å². The van der Waals surface area contributed by atoms with Gasteiger partial charge in [-0.3, -0.25) is 4.79 Å². The van der Waals surface area contributed by atoms with Crippen LogP contribution in [0.5, 0.6) is 0 Å². The molecule has 9 heteroatoms. The predicted molar refractivity (Wildman–Crippen MR) is 153 cm³/mol. The largest absolute Gasteiger partial charge is 0.462 e. The minimum atomic E-state index is -0.980. The highest BCUT2D eigenvalue weighted by atomic mass is 16.5. The lowest BCUT2D eigenvalue weighted by atomic mass is 9.43. The molecule has 2 aliphatic heterocycles. The molecular weight excluding hydrogens is 522 g/mol. The summed E-state index contributed by atoms with van der Waals surface area (Å²) in [7, 11) is 4.10. The average molecular weight is 572 g/mol. The van der Waals surface area contributed by atoms with E-state index in [1.165, 1.54) is 6.92 Å². The van der Waals surface area contributed by atoms with Gasteiger partial charge in [-0.25, -0.2) is 9.59 Å². The molecule has 0 aromatic heterocycles. The highest BCUT2D eigenvalue weighted by molar-refractivity contribution is 5.85. The summed E-state index contributed by atoms with van der Waals surface area (Å²) in [5.74, 6) is 0.0895. The van der Waals surface area contributed by atoms with Crippen LogP contribution in [0, 0.1) is 34.5 Å². The molecule has 4 aliphatic carbocycles. The number of urea groups is 1. The minimum Gasteiger partial charge on any atom is -0.462 e. The Kier molecular flexibility index (Phi) is 7.24. The van der Waals surface area contributed by atoms with Crippen molar-refractivity contribution in [2.45, 2.75) is 89.9 Å². The van der Waals surface area contributed by atoms with E-state index < -0.39 is 17.1 Å². The molecule has 9 atom stereocenters. The minimum absolute atomic E-state index is 0.106. The summed E-state index contributed by atoms with van der Waals surface area (Å²) in [6.07, 6.45) is 8.40. The molecule has 0 bridgehead atoms. The van der Waals surface area contributed by atoms with Gasteiger partial charge in [-0.05, 0) is 80.7 Å². The number of piperazine rings is 1. The van der Waals surface area contributed by atoms with Crippen LogP contribution >= 0.6 is 0 Å². The van der Waals surface area contributed by atoms with Gasteiger partial charge in [0.25, 0.3) is 0 Å². The molecule has 2 heterocycles. The number of nitrogens with zero attached hydrogens (tertiary/aromatic N) is 3. The maximum absolute atomic E-state index is 13.4. The van der Waals surface area contributed by atoms with Gasteiger partial charge in [0.15, 0.2) is 0 Å². The smallest absolute Gasteiger partial charge is 0.331 e. The monoisotopic (exact) mass is 571 g/mol. The molecule has 41 heavy (non-hydrogen) atoms. The van der Waals surface area contributed by atoms with Crippen LogP contribution in [-0.4, -0.2) is 102 Å². The first kappa shape index (κ1) is 29.0. The van der Waals surface area contributed by atoms with Crippen molar-refractivity contribution in [3.05, 3.63) is 11.6 Å². The number of amides is 2. The van der Waals surface area contributed by atoms with Crippen LogP contribution in [-0.2, 0) is 19.1 Å². The van der Waals surface area contributed by atoms with Crippen molar-refractivity contribution < 1.29 is 29.0 Å². The Morgan fingerprint density at radius 3 is 2.46 bits per heavy atom. The molecular formula is C32H49N3O6. The third kappa shape index (κ3) is 4.52. The van der Waals surface area contributed by atoms with Crippen LogP contribution in [0.25, 0.3) is 0 Å². The van der Waals surface area contributed by atoms with E-state index in [1.807, 2.05) is 16.8 Å². The van der Waals surface area contributed by atoms with Gasteiger partial charge in [0.1, 0.15) is 12.7 Å². The molecule has 4 saturated carbocycles. The highest BCUT2D eigenvalue weighted by Crippen LogP contribution is 2.70. The SMILES string of the molecule is CC(=O)OC1CC2(O)C3CCC4CC(N(C)C(=O)N5CCN(C)CC5)CCC4(C)C3CCC2(C)C1C1=CC(=O)OC1. The molecule has 9 nitrogen and oxygen atoms in total. The lowest BCUT2D eigenvalue weighted by Crippen LogP contribution is -2.63. The first-order valence-corrected chi connectivity index (χ1v) is 15.8. The van der Waals surface area contributed by atoms with Crippen molar-refractivity contribution in [3.63, 3.8) is 0 Å². The molecule has 0 radical (unpaired) electrons. The van der Waals surface area contributed by atoms with Crippen LogP contribution in [0.4, 0.5) is 4.79 Å². The number of likely N-dealkylation sites (N-methyl/N-ethyl adjacent to an activating group) is 1. The van der Waals surface area contributed by atoms with Crippen LogP contribution in [0.15, 0.2) is 11.6 Å². The Bertz CT molecular complexity index is 1120. The number of aliphatic hydroxyl groups is 1. The molecule has 6 rings (SSSR count). The van der Waals surface area contributed by atoms with Gasteiger partial charge in [-0.15, -0.1) is 0 Å². The molecule has 2 amide bonds. The average Bonchev–Trinajstić information content (AvgIpc) is 3.44. The molecule has 6 aliphatic rings. The fourth-order valence-electron chi connectivity index (χ4n) is 10.5. The van der Waals surface area contributed by atoms with E-state index in [9.17, 15) is 19.5 Å². The van der Waals surface area contributed by atoms with Crippen LogP contribution in [0.3, 0.4) is 0 Å². The van der Waals surface area contributed by atoms with Crippen LogP contribution < -0.4 is 0 Å². The van der Waals surface area contributed by atoms with Gasteiger partial charge in [0, 0.05) is 70.0 Å². The van der Waals surface area contributed by atoms with E-state index in [1.54, 1.807) is 6.08 Å². The summed E-state index contributed by atoms with van der Waals surface area (Å²) in [4.78, 5) is 43.9. The molecule has 1 N–H and O–H groups in total. The van der Waals surface area contributed by atoms with E-state index in [0.29, 0.717) is 18.3 Å². The molecule has 0 spiro atoms. The predicted octanol–water partition coefficient (Wildman–Crippen LogP) is 3.45.